The van der Waals surface area contributed by atoms with Crippen molar-refractivity contribution in [1.82, 2.24) is 0 Å². The molecule has 8 N–H and O–H groups in total. The van der Waals surface area contributed by atoms with Gasteiger partial charge >= 0.3 is 8.60 Å². The third kappa shape index (κ3) is 2.20. The highest BCUT2D eigenvalue weighted by Gasteiger charge is 2.59. The molecule has 0 aromatic carbocycles. The van der Waals surface area contributed by atoms with Gasteiger partial charge < -0.3 is 40.4 Å². The molecular formula is C6H13O9P. The zero-order valence-electron chi connectivity index (χ0n) is 7.82. The van der Waals surface area contributed by atoms with E-state index in [-0.39, 0.29) is 0 Å². The monoisotopic (exact) mass is 260 g/mol. The molecule has 0 heterocycles. The Hall–Kier alpha value is 0.0700. The molecular weight excluding hydrogens is 247 g/mol. The summed E-state index contributed by atoms with van der Waals surface area (Å²) < 4.78 is 4.09. The van der Waals surface area contributed by atoms with Crippen molar-refractivity contribution in [1.29, 1.82) is 0 Å². The Morgan fingerprint density at radius 3 is 1.50 bits per heavy atom. The normalized spacial score (nSPS) is 49.7. The summed E-state index contributed by atoms with van der Waals surface area (Å²) in [4.78, 5) is 17.1. The van der Waals surface area contributed by atoms with Crippen LogP contribution in [0.4, 0.5) is 0 Å². The van der Waals surface area contributed by atoms with Gasteiger partial charge in [-0.1, -0.05) is 0 Å². The molecule has 0 spiro atoms. The zero-order chi connectivity index (χ0) is 12.7. The summed E-state index contributed by atoms with van der Waals surface area (Å²) in [5.74, 6) is -2.98. The molecule has 1 fully saturated rings. The molecule has 10 heteroatoms. The average molecular weight is 260 g/mol. The van der Waals surface area contributed by atoms with Gasteiger partial charge in [0.05, 0.1) is 0 Å². The van der Waals surface area contributed by atoms with Crippen molar-refractivity contribution < 1.29 is 44.9 Å². The molecule has 16 heavy (non-hydrogen) atoms. The van der Waals surface area contributed by atoms with E-state index in [9.17, 15) is 25.5 Å². The summed E-state index contributed by atoms with van der Waals surface area (Å²) in [6, 6.07) is 0. The molecule has 96 valence electrons. The van der Waals surface area contributed by atoms with E-state index < -0.39 is 44.9 Å². The molecule has 0 bridgehead atoms. The lowest BCUT2D eigenvalue weighted by Crippen LogP contribution is -2.71. The highest BCUT2D eigenvalue weighted by atomic mass is 31.2. The minimum atomic E-state index is -3.15. The number of hydrogen-bond acceptors (Lipinski definition) is 9. The molecule has 0 aromatic heterocycles. The fourth-order valence-corrected chi connectivity index (χ4v) is 1.96. The summed E-state index contributed by atoms with van der Waals surface area (Å²) in [7, 11) is -3.15. The molecule has 0 saturated heterocycles. The van der Waals surface area contributed by atoms with Gasteiger partial charge in [0.1, 0.15) is 30.5 Å². The largest absolute Gasteiger partial charge is 0.387 e. The lowest BCUT2D eigenvalue weighted by Gasteiger charge is -2.46. The molecule has 6 atom stereocenters. The van der Waals surface area contributed by atoms with Crippen LogP contribution in [0.1, 0.15) is 0 Å². The van der Waals surface area contributed by atoms with E-state index in [0.717, 1.165) is 0 Å². The van der Waals surface area contributed by atoms with Gasteiger partial charge in [-0.25, -0.2) is 0 Å². The number of aliphatic hydroxyl groups is 6. The van der Waals surface area contributed by atoms with Crippen LogP contribution in [0, 0.1) is 0 Å². The molecule has 1 rings (SSSR count). The molecule has 1 aliphatic rings. The third-order valence-electron chi connectivity index (χ3n) is 2.42. The lowest BCUT2D eigenvalue weighted by molar-refractivity contribution is -0.334. The SMILES string of the molecule is OC1[C@@H](O)[C@@H](O)C(O)(OP(O)O)[C@H](O)[C@H]1O. The molecule has 0 radical (unpaired) electrons. The predicted octanol–water partition coefficient (Wildman–Crippen LogP) is -4.28. The Bertz CT molecular complexity index is 232. The Kier molecular flexibility index (Phi) is 4.19. The van der Waals surface area contributed by atoms with E-state index in [0.29, 0.717) is 0 Å². The van der Waals surface area contributed by atoms with Crippen LogP contribution in [0.15, 0.2) is 0 Å². The summed E-state index contributed by atoms with van der Waals surface area (Å²) in [5, 5.41) is 55.8. The van der Waals surface area contributed by atoms with Crippen LogP contribution >= 0.6 is 8.60 Å². The maximum atomic E-state index is 9.58. The van der Waals surface area contributed by atoms with Crippen molar-refractivity contribution in [2.75, 3.05) is 0 Å². The number of aliphatic hydroxyl groups excluding tert-OH is 5. The Morgan fingerprint density at radius 2 is 1.19 bits per heavy atom. The van der Waals surface area contributed by atoms with Crippen LogP contribution in [0.3, 0.4) is 0 Å². The van der Waals surface area contributed by atoms with Crippen LogP contribution in [0.2, 0.25) is 0 Å². The fourth-order valence-electron chi connectivity index (χ4n) is 1.48. The van der Waals surface area contributed by atoms with E-state index in [1.54, 1.807) is 0 Å². The Labute approximate surface area is 90.8 Å². The highest BCUT2D eigenvalue weighted by Crippen LogP contribution is 2.40. The van der Waals surface area contributed by atoms with Crippen LogP contribution in [0.25, 0.3) is 0 Å². The topological polar surface area (TPSA) is 171 Å². The zero-order valence-corrected chi connectivity index (χ0v) is 8.71. The van der Waals surface area contributed by atoms with Gasteiger partial charge in [-0.3, -0.25) is 4.52 Å². The summed E-state index contributed by atoms with van der Waals surface area (Å²) >= 11 is 0. The molecule has 0 aliphatic heterocycles. The Morgan fingerprint density at radius 1 is 0.812 bits per heavy atom. The van der Waals surface area contributed by atoms with E-state index >= 15 is 0 Å². The summed E-state index contributed by atoms with van der Waals surface area (Å²) in [5.41, 5.74) is 0. The maximum absolute atomic E-state index is 9.58. The third-order valence-corrected chi connectivity index (χ3v) is 2.88. The maximum Gasteiger partial charge on any atom is 0.329 e. The van der Waals surface area contributed by atoms with Crippen molar-refractivity contribution in [3.05, 3.63) is 0 Å². The van der Waals surface area contributed by atoms with Crippen molar-refractivity contribution in [3.63, 3.8) is 0 Å². The summed E-state index contributed by atoms with van der Waals surface area (Å²) in [6.07, 6.45) is -10.4. The smallest absolute Gasteiger partial charge is 0.329 e. The van der Waals surface area contributed by atoms with Crippen LogP contribution < -0.4 is 0 Å². The minimum Gasteiger partial charge on any atom is -0.387 e. The first-order valence-electron chi connectivity index (χ1n) is 4.21. The van der Waals surface area contributed by atoms with Gasteiger partial charge in [-0.05, 0) is 0 Å². The van der Waals surface area contributed by atoms with E-state index in [2.05, 4.69) is 4.52 Å². The summed E-state index contributed by atoms with van der Waals surface area (Å²) in [6.45, 7) is 0. The minimum absolute atomic E-state index is 1.91. The first-order valence-corrected chi connectivity index (χ1v) is 5.38. The second-order valence-corrected chi connectivity index (χ2v) is 4.15. The van der Waals surface area contributed by atoms with Gasteiger partial charge in [-0.2, -0.15) is 0 Å². The molecule has 0 amide bonds. The van der Waals surface area contributed by atoms with Gasteiger partial charge in [0, 0.05) is 0 Å². The van der Waals surface area contributed by atoms with Gasteiger partial charge in [0.25, 0.3) is 0 Å². The van der Waals surface area contributed by atoms with Crippen molar-refractivity contribution in [2.24, 2.45) is 0 Å². The van der Waals surface area contributed by atoms with Gasteiger partial charge in [-0.15, -0.1) is 0 Å². The second kappa shape index (κ2) is 4.75. The van der Waals surface area contributed by atoms with Crippen molar-refractivity contribution in [2.45, 2.75) is 36.3 Å². The predicted molar refractivity (Wildman–Crippen MR) is 47.4 cm³/mol. The average Bonchev–Trinajstić information content (AvgIpc) is 2.21. The number of hydrogen-bond donors (Lipinski definition) is 8. The molecule has 0 aromatic rings. The molecule has 9 nitrogen and oxygen atoms in total. The second-order valence-electron chi connectivity index (χ2n) is 3.46. The first-order chi connectivity index (χ1) is 7.21. The molecule has 2 unspecified atom stereocenters. The molecule has 1 aliphatic carbocycles. The number of rotatable bonds is 2. The van der Waals surface area contributed by atoms with E-state index in [1.807, 2.05) is 0 Å². The van der Waals surface area contributed by atoms with E-state index in [4.69, 9.17) is 14.9 Å². The van der Waals surface area contributed by atoms with Gasteiger partial charge in [0.2, 0.25) is 5.79 Å². The standard InChI is InChI=1S/C6H13O9P/c7-1-2(8)4(10)6(12,15-16(13)14)5(11)3(1)9/h1-5,7-14H/t1?,2-,3+,4-,5-,6?/m1/s1. The fraction of sp³-hybridized carbons (Fsp3) is 1.00. The van der Waals surface area contributed by atoms with Crippen molar-refractivity contribution >= 4 is 8.60 Å². The van der Waals surface area contributed by atoms with Crippen molar-refractivity contribution in [3.8, 4) is 0 Å². The van der Waals surface area contributed by atoms with E-state index in [1.165, 1.54) is 0 Å². The first kappa shape index (κ1) is 14.1. The van der Waals surface area contributed by atoms with Crippen LogP contribution in [-0.2, 0) is 4.52 Å². The highest BCUT2D eigenvalue weighted by molar-refractivity contribution is 7.39. The Balaban J connectivity index is 2.98. The van der Waals surface area contributed by atoms with Crippen LogP contribution in [-0.4, -0.2) is 76.7 Å². The molecule has 1 saturated carbocycles. The van der Waals surface area contributed by atoms with Crippen LogP contribution in [0.5, 0.6) is 0 Å². The van der Waals surface area contributed by atoms with Gasteiger partial charge in [0.15, 0.2) is 0 Å². The lowest BCUT2D eigenvalue weighted by atomic mass is 9.82. The quantitative estimate of drug-likeness (QED) is 0.181.